The van der Waals surface area contributed by atoms with E-state index in [9.17, 15) is 18.0 Å². The van der Waals surface area contributed by atoms with Gasteiger partial charge >= 0.3 is 6.18 Å². The van der Waals surface area contributed by atoms with E-state index in [0.29, 0.717) is 5.56 Å². The lowest BCUT2D eigenvalue weighted by Gasteiger charge is -2.22. The Morgan fingerprint density at radius 2 is 1.86 bits per heavy atom. The summed E-state index contributed by atoms with van der Waals surface area (Å²) >= 11 is 0. The first-order valence-electron chi connectivity index (χ1n) is 7.00. The molecule has 116 valence electrons. The van der Waals surface area contributed by atoms with Crippen molar-refractivity contribution in [2.75, 3.05) is 6.54 Å². The van der Waals surface area contributed by atoms with E-state index in [1.54, 1.807) is 30.3 Å². The molecule has 1 atom stereocenters. The molecule has 0 saturated heterocycles. The van der Waals surface area contributed by atoms with Crippen LogP contribution in [0.4, 0.5) is 13.2 Å². The van der Waals surface area contributed by atoms with Crippen LogP contribution in [0.15, 0.2) is 30.3 Å². The van der Waals surface area contributed by atoms with E-state index < -0.39 is 24.7 Å². The molecule has 1 fully saturated rings. The molecule has 3 nitrogen and oxygen atoms in total. The number of hydrogen-bond acceptors (Lipinski definition) is 2. The molecule has 2 rings (SSSR count). The van der Waals surface area contributed by atoms with Gasteiger partial charge in [-0.3, -0.25) is 4.79 Å². The standard InChI is InChI=1S/C15H18F3NO2/c16-15(17,18)10-19-14(20)13(11-6-2-1-3-7-11)21-12-8-4-5-9-12/h1-3,6-7,12-13H,4-5,8-10H2,(H,19,20)/t13-/m0/s1. The quantitative estimate of drug-likeness (QED) is 0.905. The van der Waals surface area contributed by atoms with Gasteiger partial charge in [-0.25, -0.2) is 0 Å². The van der Waals surface area contributed by atoms with Gasteiger partial charge in [0.1, 0.15) is 6.54 Å². The lowest BCUT2D eigenvalue weighted by atomic mass is 10.1. The fourth-order valence-electron chi connectivity index (χ4n) is 2.42. The van der Waals surface area contributed by atoms with Crippen molar-refractivity contribution in [2.24, 2.45) is 0 Å². The molecule has 0 aliphatic heterocycles. The van der Waals surface area contributed by atoms with E-state index in [1.807, 2.05) is 5.32 Å². The number of hydrogen-bond donors (Lipinski definition) is 1. The highest BCUT2D eigenvalue weighted by Gasteiger charge is 2.32. The van der Waals surface area contributed by atoms with E-state index in [1.165, 1.54) is 0 Å². The lowest BCUT2D eigenvalue weighted by Crippen LogP contribution is -2.38. The molecule has 1 aliphatic carbocycles. The van der Waals surface area contributed by atoms with Crippen molar-refractivity contribution >= 4 is 5.91 Å². The molecule has 1 aromatic rings. The van der Waals surface area contributed by atoms with Crippen molar-refractivity contribution in [3.63, 3.8) is 0 Å². The summed E-state index contributed by atoms with van der Waals surface area (Å²) < 4.78 is 42.4. The number of carbonyl (C=O) groups is 1. The maximum Gasteiger partial charge on any atom is 0.405 e. The average Bonchev–Trinajstić information content (AvgIpc) is 2.95. The number of ether oxygens (including phenoxy) is 1. The highest BCUT2D eigenvalue weighted by Crippen LogP contribution is 2.28. The first kappa shape index (κ1) is 15.8. The van der Waals surface area contributed by atoms with E-state index in [-0.39, 0.29) is 6.10 Å². The molecular weight excluding hydrogens is 283 g/mol. The third kappa shape index (κ3) is 5.04. The van der Waals surface area contributed by atoms with Crippen LogP contribution in [0.1, 0.15) is 37.4 Å². The van der Waals surface area contributed by atoms with E-state index in [0.717, 1.165) is 25.7 Å². The smallest absolute Gasteiger partial charge is 0.360 e. The zero-order valence-corrected chi connectivity index (χ0v) is 11.5. The molecule has 1 aliphatic rings. The van der Waals surface area contributed by atoms with Crippen LogP contribution in [0.25, 0.3) is 0 Å². The zero-order valence-electron chi connectivity index (χ0n) is 11.5. The first-order chi connectivity index (χ1) is 9.96. The van der Waals surface area contributed by atoms with Crippen molar-refractivity contribution in [1.82, 2.24) is 5.32 Å². The summed E-state index contributed by atoms with van der Waals surface area (Å²) in [4.78, 5) is 12.0. The van der Waals surface area contributed by atoms with Gasteiger partial charge in [0.25, 0.3) is 5.91 Å². The Balaban J connectivity index is 2.05. The van der Waals surface area contributed by atoms with Crippen LogP contribution in [0.5, 0.6) is 0 Å². The fourth-order valence-corrected chi connectivity index (χ4v) is 2.42. The molecule has 0 aromatic heterocycles. The second-order valence-electron chi connectivity index (χ2n) is 5.17. The highest BCUT2D eigenvalue weighted by atomic mass is 19.4. The van der Waals surface area contributed by atoms with Gasteiger partial charge in [-0.2, -0.15) is 13.2 Å². The van der Waals surface area contributed by atoms with E-state index >= 15 is 0 Å². The van der Waals surface area contributed by atoms with Crippen LogP contribution in [0.3, 0.4) is 0 Å². The van der Waals surface area contributed by atoms with Crippen molar-refractivity contribution in [2.45, 2.75) is 44.1 Å². The summed E-state index contributed by atoms with van der Waals surface area (Å²) in [5, 5.41) is 1.91. The Hall–Kier alpha value is -1.56. The van der Waals surface area contributed by atoms with Crippen molar-refractivity contribution < 1.29 is 22.7 Å². The molecule has 1 amide bonds. The predicted molar refractivity (Wildman–Crippen MR) is 71.6 cm³/mol. The van der Waals surface area contributed by atoms with E-state index in [4.69, 9.17) is 4.74 Å². The topological polar surface area (TPSA) is 38.3 Å². The van der Waals surface area contributed by atoms with Crippen molar-refractivity contribution in [3.8, 4) is 0 Å². The zero-order chi connectivity index (χ0) is 15.3. The number of rotatable bonds is 5. The summed E-state index contributed by atoms with van der Waals surface area (Å²) in [5.74, 6) is -0.745. The van der Waals surface area contributed by atoms with Crippen LogP contribution >= 0.6 is 0 Å². The second kappa shape index (κ2) is 6.93. The van der Waals surface area contributed by atoms with Crippen LogP contribution in [-0.4, -0.2) is 24.7 Å². The summed E-state index contributed by atoms with van der Waals surface area (Å²) in [6.45, 7) is -1.34. The molecule has 0 heterocycles. The SMILES string of the molecule is O=C(NCC(F)(F)F)[C@@H](OC1CCCC1)c1ccccc1. The van der Waals surface area contributed by atoms with Crippen LogP contribution in [0, 0.1) is 0 Å². The van der Waals surface area contributed by atoms with Crippen molar-refractivity contribution in [1.29, 1.82) is 0 Å². The number of benzene rings is 1. The summed E-state index contributed by atoms with van der Waals surface area (Å²) in [5.41, 5.74) is 0.573. The summed E-state index contributed by atoms with van der Waals surface area (Å²) in [7, 11) is 0. The van der Waals surface area contributed by atoms with Gasteiger partial charge in [-0.1, -0.05) is 43.2 Å². The lowest BCUT2D eigenvalue weighted by molar-refractivity contribution is -0.148. The molecular formula is C15H18F3NO2. The summed E-state index contributed by atoms with van der Waals surface area (Å²) in [6, 6.07) is 8.62. The van der Waals surface area contributed by atoms with Gasteiger partial charge in [0.2, 0.25) is 0 Å². The number of nitrogens with one attached hydrogen (secondary N) is 1. The molecule has 1 saturated carbocycles. The second-order valence-corrected chi connectivity index (χ2v) is 5.17. The molecule has 1 aromatic carbocycles. The van der Waals surface area contributed by atoms with Crippen molar-refractivity contribution in [3.05, 3.63) is 35.9 Å². The van der Waals surface area contributed by atoms with E-state index in [2.05, 4.69) is 0 Å². The number of alkyl halides is 3. The van der Waals surface area contributed by atoms with Gasteiger partial charge in [0.05, 0.1) is 6.10 Å². The maximum absolute atomic E-state index is 12.2. The number of amides is 1. The average molecular weight is 301 g/mol. The molecule has 0 bridgehead atoms. The molecule has 1 N–H and O–H groups in total. The first-order valence-corrected chi connectivity index (χ1v) is 7.00. The Morgan fingerprint density at radius 1 is 1.24 bits per heavy atom. The third-order valence-electron chi connectivity index (χ3n) is 3.43. The third-order valence-corrected chi connectivity index (χ3v) is 3.43. The largest absolute Gasteiger partial charge is 0.405 e. The number of halogens is 3. The Bertz CT molecular complexity index is 456. The molecule has 0 unspecified atom stereocenters. The Labute approximate surface area is 121 Å². The van der Waals surface area contributed by atoms with Gasteiger partial charge in [0.15, 0.2) is 6.10 Å². The van der Waals surface area contributed by atoms with Gasteiger partial charge in [-0.05, 0) is 18.4 Å². The monoisotopic (exact) mass is 301 g/mol. The van der Waals surface area contributed by atoms with Gasteiger partial charge in [-0.15, -0.1) is 0 Å². The Morgan fingerprint density at radius 3 is 2.43 bits per heavy atom. The minimum Gasteiger partial charge on any atom is -0.360 e. The van der Waals surface area contributed by atoms with Crippen LogP contribution in [-0.2, 0) is 9.53 Å². The van der Waals surface area contributed by atoms with Crippen LogP contribution < -0.4 is 5.32 Å². The summed E-state index contributed by atoms with van der Waals surface area (Å²) in [6.07, 6.45) is -1.74. The normalized spacial score (nSPS) is 17.7. The maximum atomic E-state index is 12.2. The predicted octanol–water partition coefficient (Wildman–Crippen LogP) is 3.37. The van der Waals surface area contributed by atoms with Gasteiger partial charge in [0, 0.05) is 0 Å². The molecule has 0 radical (unpaired) electrons. The molecule has 6 heteroatoms. The minimum absolute atomic E-state index is 0.0631. The fraction of sp³-hybridized carbons (Fsp3) is 0.533. The minimum atomic E-state index is -4.43. The van der Waals surface area contributed by atoms with Gasteiger partial charge < -0.3 is 10.1 Å². The van der Waals surface area contributed by atoms with Crippen LogP contribution in [0.2, 0.25) is 0 Å². The Kier molecular flexibility index (Phi) is 5.22. The highest BCUT2D eigenvalue weighted by molar-refractivity contribution is 5.82. The molecule has 0 spiro atoms. The molecule has 21 heavy (non-hydrogen) atoms. The number of carbonyl (C=O) groups excluding carboxylic acids is 1.